The molecule has 7 heteroatoms. The highest BCUT2D eigenvalue weighted by atomic mass is 35.5. The van der Waals surface area contributed by atoms with Crippen LogP contribution in [0.1, 0.15) is 18.4 Å². The van der Waals surface area contributed by atoms with E-state index in [4.69, 9.17) is 23.2 Å². The zero-order valence-corrected chi connectivity index (χ0v) is 14.5. The Morgan fingerprint density at radius 3 is 2.71 bits per heavy atom. The molecule has 1 atom stereocenters. The summed E-state index contributed by atoms with van der Waals surface area (Å²) in [5.41, 5.74) is 0.751. The molecule has 1 unspecified atom stereocenters. The van der Waals surface area contributed by atoms with Crippen LogP contribution < -0.4 is 0 Å². The van der Waals surface area contributed by atoms with Crippen LogP contribution in [-0.2, 0) is 15.9 Å². The lowest BCUT2D eigenvalue weighted by atomic mass is 10.1. The zero-order chi connectivity index (χ0) is 15.6. The number of likely N-dealkylation sites (N-methyl/N-ethyl adjacent to an activating group) is 1. The number of halogens is 2. The Balaban J connectivity index is 2.33. The molecular weight excluding hydrogens is 331 g/mol. The molecule has 1 saturated heterocycles. The number of piperidine rings is 1. The molecule has 0 aromatic heterocycles. The van der Waals surface area contributed by atoms with E-state index in [-0.39, 0.29) is 21.8 Å². The number of rotatable bonds is 4. The molecule has 0 bridgehead atoms. The maximum atomic E-state index is 12.8. The van der Waals surface area contributed by atoms with E-state index in [1.54, 1.807) is 18.2 Å². The molecule has 0 amide bonds. The van der Waals surface area contributed by atoms with Gasteiger partial charge in [-0.05, 0) is 44.6 Å². The summed E-state index contributed by atoms with van der Waals surface area (Å²) in [6.07, 6.45) is 1.86. The van der Waals surface area contributed by atoms with Crippen molar-refractivity contribution in [2.75, 3.05) is 27.2 Å². The Hall–Kier alpha value is -0.330. The SMILES string of the molecule is CN(C)C1CCCN(S(=O)(=O)c2cc(CCl)ccc2Cl)C1. The van der Waals surface area contributed by atoms with Gasteiger partial charge < -0.3 is 4.90 Å². The Morgan fingerprint density at radius 1 is 1.38 bits per heavy atom. The molecular formula is C14H20Cl2N2O2S. The van der Waals surface area contributed by atoms with Gasteiger partial charge in [0, 0.05) is 25.0 Å². The number of benzene rings is 1. The standard InChI is InChI=1S/C14H20Cl2N2O2S/c1-17(2)12-4-3-7-18(10-12)21(19,20)14-8-11(9-15)5-6-13(14)16/h5-6,8,12H,3-4,7,9-10H2,1-2H3. The van der Waals surface area contributed by atoms with Gasteiger partial charge in [-0.15, -0.1) is 11.6 Å². The zero-order valence-electron chi connectivity index (χ0n) is 12.2. The summed E-state index contributed by atoms with van der Waals surface area (Å²) >= 11 is 11.9. The lowest BCUT2D eigenvalue weighted by Gasteiger charge is -2.35. The maximum absolute atomic E-state index is 12.8. The number of hydrogen-bond donors (Lipinski definition) is 0. The minimum Gasteiger partial charge on any atom is -0.305 e. The summed E-state index contributed by atoms with van der Waals surface area (Å²) in [4.78, 5) is 2.22. The molecule has 2 rings (SSSR count). The van der Waals surface area contributed by atoms with E-state index in [1.807, 2.05) is 14.1 Å². The monoisotopic (exact) mass is 350 g/mol. The molecule has 1 heterocycles. The quantitative estimate of drug-likeness (QED) is 0.784. The van der Waals surface area contributed by atoms with Gasteiger partial charge in [0.15, 0.2) is 0 Å². The van der Waals surface area contributed by atoms with E-state index < -0.39 is 10.0 Å². The third kappa shape index (κ3) is 3.71. The Labute approximate surface area is 136 Å². The van der Waals surface area contributed by atoms with Crippen LogP contribution in [0.25, 0.3) is 0 Å². The van der Waals surface area contributed by atoms with Crippen LogP contribution in [0.3, 0.4) is 0 Å². The largest absolute Gasteiger partial charge is 0.305 e. The van der Waals surface area contributed by atoms with Gasteiger partial charge in [0.25, 0.3) is 0 Å². The van der Waals surface area contributed by atoms with Crippen LogP contribution in [0, 0.1) is 0 Å². The smallest absolute Gasteiger partial charge is 0.244 e. The fourth-order valence-electron chi connectivity index (χ4n) is 2.53. The van der Waals surface area contributed by atoms with Gasteiger partial charge in [0.1, 0.15) is 4.90 Å². The third-order valence-corrected chi connectivity index (χ3v) is 6.51. The first kappa shape index (κ1) is 17.0. The molecule has 0 saturated carbocycles. The molecule has 0 aliphatic carbocycles. The Morgan fingerprint density at radius 2 is 2.10 bits per heavy atom. The second-order valence-electron chi connectivity index (χ2n) is 5.52. The van der Waals surface area contributed by atoms with Gasteiger partial charge in [-0.2, -0.15) is 4.31 Å². The first-order chi connectivity index (χ1) is 9.86. The normalized spacial score (nSPS) is 20.9. The summed E-state index contributed by atoms with van der Waals surface area (Å²) in [6.45, 7) is 1.03. The molecule has 0 N–H and O–H groups in total. The lowest BCUT2D eigenvalue weighted by molar-refractivity contribution is 0.190. The Bertz CT molecular complexity index is 605. The number of alkyl halides is 1. The minimum absolute atomic E-state index is 0.154. The third-order valence-electron chi connectivity index (χ3n) is 3.86. The van der Waals surface area contributed by atoms with E-state index in [9.17, 15) is 8.42 Å². The molecule has 1 aliphatic rings. The van der Waals surface area contributed by atoms with Gasteiger partial charge in [0.2, 0.25) is 10.0 Å². The highest BCUT2D eigenvalue weighted by Crippen LogP contribution is 2.28. The first-order valence-electron chi connectivity index (χ1n) is 6.87. The summed E-state index contributed by atoms with van der Waals surface area (Å²) < 4.78 is 27.2. The summed E-state index contributed by atoms with van der Waals surface area (Å²) in [5.74, 6) is 0.264. The van der Waals surface area contributed by atoms with Crippen LogP contribution in [-0.4, -0.2) is 50.8 Å². The van der Waals surface area contributed by atoms with Crippen molar-refractivity contribution in [2.45, 2.75) is 29.7 Å². The molecule has 4 nitrogen and oxygen atoms in total. The average molecular weight is 351 g/mol. The first-order valence-corrected chi connectivity index (χ1v) is 9.22. The average Bonchev–Trinajstić information content (AvgIpc) is 2.47. The number of nitrogens with zero attached hydrogens (tertiary/aromatic N) is 2. The van der Waals surface area contributed by atoms with Crippen molar-refractivity contribution in [3.8, 4) is 0 Å². The van der Waals surface area contributed by atoms with E-state index in [2.05, 4.69) is 4.90 Å². The highest BCUT2D eigenvalue weighted by Gasteiger charge is 2.32. The summed E-state index contributed by atoms with van der Waals surface area (Å²) in [5, 5.41) is 0.246. The predicted octanol–water partition coefficient (Wildman–Crippen LogP) is 2.79. The molecule has 118 valence electrons. The van der Waals surface area contributed by atoms with E-state index >= 15 is 0 Å². The van der Waals surface area contributed by atoms with Crippen LogP contribution in [0.4, 0.5) is 0 Å². The van der Waals surface area contributed by atoms with Crippen molar-refractivity contribution in [1.82, 2.24) is 9.21 Å². The molecule has 0 radical (unpaired) electrons. The summed E-state index contributed by atoms with van der Waals surface area (Å²) in [6, 6.07) is 5.15. The molecule has 1 aromatic rings. The van der Waals surface area contributed by atoms with Crippen LogP contribution in [0.15, 0.2) is 23.1 Å². The molecule has 1 fully saturated rings. The van der Waals surface area contributed by atoms with Crippen LogP contribution in [0.5, 0.6) is 0 Å². The fraction of sp³-hybridized carbons (Fsp3) is 0.571. The van der Waals surface area contributed by atoms with Crippen molar-refractivity contribution in [2.24, 2.45) is 0 Å². The molecule has 0 spiro atoms. The van der Waals surface area contributed by atoms with Crippen molar-refractivity contribution >= 4 is 33.2 Å². The number of sulfonamides is 1. The number of hydrogen-bond acceptors (Lipinski definition) is 3. The van der Waals surface area contributed by atoms with Crippen molar-refractivity contribution in [1.29, 1.82) is 0 Å². The molecule has 1 aromatic carbocycles. The highest BCUT2D eigenvalue weighted by molar-refractivity contribution is 7.89. The minimum atomic E-state index is -3.58. The van der Waals surface area contributed by atoms with Crippen LogP contribution in [0.2, 0.25) is 5.02 Å². The van der Waals surface area contributed by atoms with Gasteiger partial charge in [-0.25, -0.2) is 8.42 Å². The van der Waals surface area contributed by atoms with Crippen molar-refractivity contribution < 1.29 is 8.42 Å². The van der Waals surface area contributed by atoms with Crippen molar-refractivity contribution in [3.63, 3.8) is 0 Å². The van der Waals surface area contributed by atoms with Crippen molar-refractivity contribution in [3.05, 3.63) is 28.8 Å². The fourth-order valence-corrected chi connectivity index (χ4v) is 4.74. The van der Waals surface area contributed by atoms with Crippen LogP contribution >= 0.6 is 23.2 Å². The lowest BCUT2D eigenvalue weighted by Crippen LogP contribution is -2.47. The predicted molar refractivity (Wildman–Crippen MR) is 86.5 cm³/mol. The second-order valence-corrected chi connectivity index (χ2v) is 8.10. The van der Waals surface area contributed by atoms with Gasteiger partial charge in [-0.3, -0.25) is 0 Å². The maximum Gasteiger partial charge on any atom is 0.244 e. The van der Waals surface area contributed by atoms with E-state index in [0.29, 0.717) is 13.1 Å². The second kappa shape index (κ2) is 6.84. The van der Waals surface area contributed by atoms with E-state index in [0.717, 1.165) is 18.4 Å². The Kier molecular flexibility index (Phi) is 5.54. The molecule has 21 heavy (non-hydrogen) atoms. The topological polar surface area (TPSA) is 40.6 Å². The summed E-state index contributed by atoms with van der Waals surface area (Å²) in [7, 11) is 0.373. The van der Waals surface area contributed by atoms with Gasteiger partial charge in [0.05, 0.1) is 5.02 Å². The van der Waals surface area contributed by atoms with E-state index in [1.165, 1.54) is 4.31 Å². The van der Waals surface area contributed by atoms with Gasteiger partial charge in [-0.1, -0.05) is 17.7 Å². The van der Waals surface area contributed by atoms with Gasteiger partial charge >= 0.3 is 0 Å². The molecule has 1 aliphatic heterocycles.